The van der Waals surface area contributed by atoms with Crippen molar-refractivity contribution in [3.63, 3.8) is 0 Å². The van der Waals surface area contributed by atoms with Crippen molar-refractivity contribution in [1.29, 1.82) is 0 Å². The van der Waals surface area contributed by atoms with Crippen molar-refractivity contribution in [3.05, 3.63) is 35.5 Å². The van der Waals surface area contributed by atoms with Crippen LogP contribution in [0.5, 0.6) is 0 Å². The van der Waals surface area contributed by atoms with Gasteiger partial charge < -0.3 is 9.67 Å². The number of unbranched alkanes of at least 4 members (excludes halogenated alkanes) is 1. The van der Waals surface area contributed by atoms with Crippen molar-refractivity contribution in [2.24, 2.45) is 0 Å². The maximum Gasteiger partial charge on any atom is 0.336 e. The van der Waals surface area contributed by atoms with Crippen LogP contribution in [-0.4, -0.2) is 21.9 Å². The van der Waals surface area contributed by atoms with Gasteiger partial charge in [0.05, 0.1) is 5.56 Å². The largest absolute Gasteiger partial charge is 0.478 e. The van der Waals surface area contributed by atoms with E-state index in [1.165, 1.54) is 6.07 Å². The number of aldehydes is 1. The zero-order chi connectivity index (χ0) is 13.1. The SMILES string of the molecule is CCCCn1cc(C=O)c2c(C(=O)O)cccc21. The average molecular weight is 245 g/mol. The molecule has 0 radical (unpaired) electrons. The standard InChI is InChI=1S/C14H15NO3/c1-2-3-7-15-8-10(9-16)13-11(14(17)18)5-4-6-12(13)15/h4-6,8-9H,2-3,7H2,1H3,(H,17,18). The van der Waals surface area contributed by atoms with E-state index in [4.69, 9.17) is 5.11 Å². The molecule has 1 heterocycles. The lowest BCUT2D eigenvalue weighted by Gasteiger charge is -2.04. The van der Waals surface area contributed by atoms with Gasteiger partial charge in [-0.05, 0) is 18.6 Å². The molecule has 0 fully saturated rings. The summed E-state index contributed by atoms with van der Waals surface area (Å²) >= 11 is 0. The molecular formula is C14H15NO3. The Balaban J connectivity index is 2.66. The molecule has 0 aliphatic heterocycles. The van der Waals surface area contributed by atoms with Crippen LogP contribution in [0, 0.1) is 0 Å². The Hall–Kier alpha value is -2.10. The molecule has 1 aromatic heterocycles. The summed E-state index contributed by atoms with van der Waals surface area (Å²) in [5.41, 5.74) is 1.44. The lowest BCUT2D eigenvalue weighted by atomic mass is 10.1. The summed E-state index contributed by atoms with van der Waals surface area (Å²) in [6, 6.07) is 5.09. The summed E-state index contributed by atoms with van der Waals surface area (Å²) in [6.07, 6.45) is 4.51. The van der Waals surface area contributed by atoms with Crippen molar-refractivity contribution in [2.75, 3.05) is 0 Å². The van der Waals surface area contributed by atoms with Gasteiger partial charge in [-0.3, -0.25) is 4.79 Å². The number of aromatic carboxylic acids is 1. The van der Waals surface area contributed by atoms with E-state index < -0.39 is 5.97 Å². The lowest BCUT2D eigenvalue weighted by Crippen LogP contribution is -1.99. The minimum absolute atomic E-state index is 0.185. The number of carboxylic acids is 1. The maximum atomic E-state index is 11.2. The molecule has 0 amide bonds. The maximum absolute atomic E-state index is 11.2. The van der Waals surface area contributed by atoms with Crippen LogP contribution >= 0.6 is 0 Å². The molecule has 0 bridgehead atoms. The first kappa shape index (κ1) is 12.4. The first-order valence-corrected chi connectivity index (χ1v) is 5.99. The highest BCUT2D eigenvalue weighted by Crippen LogP contribution is 2.24. The van der Waals surface area contributed by atoms with Gasteiger partial charge in [0.1, 0.15) is 0 Å². The second kappa shape index (κ2) is 5.04. The topological polar surface area (TPSA) is 59.3 Å². The van der Waals surface area contributed by atoms with Crippen molar-refractivity contribution < 1.29 is 14.7 Å². The molecule has 18 heavy (non-hydrogen) atoms. The Morgan fingerprint density at radius 2 is 2.22 bits per heavy atom. The number of hydrogen-bond acceptors (Lipinski definition) is 2. The molecule has 0 spiro atoms. The third kappa shape index (κ3) is 2.01. The summed E-state index contributed by atoms with van der Waals surface area (Å²) in [5.74, 6) is -1.00. The Kier molecular flexibility index (Phi) is 3.46. The van der Waals surface area contributed by atoms with Crippen molar-refractivity contribution in [1.82, 2.24) is 4.57 Å². The molecule has 2 rings (SSSR count). The molecule has 2 aromatic rings. The number of nitrogens with zero attached hydrogens (tertiary/aromatic N) is 1. The molecule has 0 atom stereocenters. The van der Waals surface area contributed by atoms with Gasteiger partial charge in [0.15, 0.2) is 6.29 Å². The van der Waals surface area contributed by atoms with E-state index in [1.807, 2.05) is 10.6 Å². The molecule has 0 aliphatic rings. The second-order valence-corrected chi connectivity index (χ2v) is 4.25. The zero-order valence-corrected chi connectivity index (χ0v) is 10.2. The molecule has 4 heteroatoms. The summed E-state index contributed by atoms with van der Waals surface area (Å²) in [6.45, 7) is 2.89. The normalized spacial score (nSPS) is 10.7. The van der Waals surface area contributed by atoms with E-state index >= 15 is 0 Å². The van der Waals surface area contributed by atoms with Crippen LogP contribution in [0.4, 0.5) is 0 Å². The van der Waals surface area contributed by atoms with Crippen LogP contribution in [0.2, 0.25) is 0 Å². The molecule has 4 nitrogen and oxygen atoms in total. The Labute approximate surface area is 105 Å². The minimum Gasteiger partial charge on any atom is -0.478 e. The van der Waals surface area contributed by atoms with Crippen LogP contribution in [0.25, 0.3) is 10.9 Å². The number of carbonyl (C=O) groups is 2. The molecule has 0 aliphatic carbocycles. The van der Waals surface area contributed by atoms with E-state index in [-0.39, 0.29) is 5.56 Å². The van der Waals surface area contributed by atoms with Gasteiger partial charge in [0, 0.05) is 29.2 Å². The number of rotatable bonds is 5. The third-order valence-electron chi connectivity index (χ3n) is 3.05. The van der Waals surface area contributed by atoms with Gasteiger partial charge in [0.2, 0.25) is 0 Å². The van der Waals surface area contributed by atoms with E-state index in [0.29, 0.717) is 10.9 Å². The number of fused-ring (bicyclic) bond motifs is 1. The summed E-state index contributed by atoms with van der Waals surface area (Å²) in [4.78, 5) is 22.3. The van der Waals surface area contributed by atoms with Crippen LogP contribution in [0.3, 0.4) is 0 Å². The molecule has 1 N–H and O–H groups in total. The predicted octanol–water partition coefficient (Wildman–Crippen LogP) is 2.95. The van der Waals surface area contributed by atoms with Crippen molar-refractivity contribution in [2.45, 2.75) is 26.3 Å². The summed E-state index contributed by atoms with van der Waals surface area (Å²) < 4.78 is 1.95. The fourth-order valence-electron chi connectivity index (χ4n) is 2.17. The number of aryl methyl sites for hydroxylation is 1. The number of carbonyl (C=O) groups excluding carboxylic acids is 1. The average Bonchev–Trinajstić information content (AvgIpc) is 2.74. The second-order valence-electron chi connectivity index (χ2n) is 4.25. The highest BCUT2D eigenvalue weighted by atomic mass is 16.4. The van der Waals surface area contributed by atoms with Crippen molar-refractivity contribution >= 4 is 23.2 Å². The van der Waals surface area contributed by atoms with E-state index in [9.17, 15) is 9.59 Å². The quantitative estimate of drug-likeness (QED) is 0.824. The molecule has 0 unspecified atom stereocenters. The Bertz CT molecular complexity index is 598. The van der Waals surface area contributed by atoms with Gasteiger partial charge in [-0.15, -0.1) is 0 Å². The van der Waals surface area contributed by atoms with Gasteiger partial charge in [0.25, 0.3) is 0 Å². The van der Waals surface area contributed by atoms with Crippen LogP contribution < -0.4 is 0 Å². The highest BCUT2D eigenvalue weighted by molar-refractivity contribution is 6.09. The summed E-state index contributed by atoms with van der Waals surface area (Å²) in [7, 11) is 0. The van der Waals surface area contributed by atoms with E-state index in [2.05, 4.69) is 6.92 Å². The highest BCUT2D eigenvalue weighted by Gasteiger charge is 2.15. The molecule has 0 saturated carbocycles. The summed E-state index contributed by atoms with van der Waals surface area (Å²) in [5, 5.41) is 9.70. The number of benzene rings is 1. The number of aromatic nitrogens is 1. The molecule has 94 valence electrons. The smallest absolute Gasteiger partial charge is 0.336 e. The van der Waals surface area contributed by atoms with E-state index in [1.54, 1.807) is 12.3 Å². The first-order chi connectivity index (χ1) is 8.69. The van der Waals surface area contributed by atoms with Gasteiger partial charge in [-0.25, -0.2) is 4.79 Å². The van der Waals surface area contributed by atoms with E-state index in [0.717, 1.165) is 31.2 Å². The molecular weight excluding hydrogens is 230 g/mol. The van der Waals surface area contributed by atoms with Gasteiger partial charge in [-0.2, -0.15) is 0 Å². The number of hydrogen-bond donors (Lipinski definition) is 1. The molecule has 0 saturated heterocycles. The zero-order valence-electron chi connectivity index (χ0n) is 10.2. The first-order valence-electron chi connectivity index (χ1n) is 5.99. The van der Waals surface area contributed by atoms with Gasteiger partial charge >= 0.3 is 5.97 Å². The predicted molar refractivity (Wildman–Crippen MR) is 69.2 cm³/mol. The fourth-order valence-corrected chi connectivity index (χ4v) is 2.17. The van der Waals surface area contributed by atoms with Crippen molar-refractivity contribution in [3.8, 4) is 0 Å². The van der Waals surface area contributed by atoms with Crippen LogP contribution in [0.1, 0.15) is 40.5 Å². The Morgan fingerprint density at radius 1 is 1.44 bits per heavy atom. The van der Waals surface area contributed by atoms with Gasteiger partial charge in [-0.1, -0.05) is 19.4 Å². The number of carboxylic acid groups (broad SMARTS) is 1. The van der Waals surface area contributed by atoms with Crippen LogP contribution in [0.15, 0.2) is 24.4 Å². The molecule has 1 aromatic carbocycles. The fraction of sp³-hybridized carbons (Fsp3) is 0.286. The Morgan fingerprint density at radius 3 is 2.83 bits per heavy atom. The van der Waals surface area contributed by atoms with Crippen LogP contribution in [-0.2, 0) is 6.54 Å². The monoisotopic (exact) mass is 245 g/mol. The minimum atomic E-state index is -1.00. The lowest BCUT2D eigenvalue weighted by molar-refractivity contribution is 0.0699. The third-order valence-corrected chi connectivity index (χ3v) is 3.05.